The molecule has 0 spiro atoms. The van der Waals surface area contributed by atoms with Gasteiger partial charge >= 0.3 is 11.6 Å². The fraction of sp³-hybridized carbons (Fsp3) is 0.900. The molecule has 0 N–H and O–H groups in total. The van der Waals surface area contributed by atoms with Gasteiger partial charge in [0.1, 0.15) is 0 Å². The quantitative estimate of drug-likeness (QED) is 0.455. The van der Waals surface area contributed by atoms with Crippen molar-refractivity contribution in [2.24, 2.45) is 0 Å². The smallest absolute Gasteiger partial charge is 0.203 e. The standard InChI is InChI=1S/C10H21.Al.2BrH.H/c1-3-5-7-9-10-8-6-4-2;;;;/h1,3-10H2,2H3;;2*1H;/q;+2;;;/p-2. The zero-order chi connectivity index (χ0) is 10.4. The average molecular weight is 329 g/mol. The van der Waals surface area contributed by atoms with Crippen LogP contribution in [0.25, 0.3) is 0 Å². The Hall–Kier alpha value is 1.49. The van der Waals surface area contributed by atoms with Crippen LogP contribution < -0.4 is 0 Å². The van der Waals surface area contributed by atoms with E-state index in [2.05, 4.69) is 42.0 Å². The van der Waals surface area contributed by atoms with Gasteiger partial charge in [0, 0.05) is 0 Å². The third kappa shape index (κ3) is 24.7. The van der Waals surface area contributed by atoms with E-state index in [1.807, 2.05) is 0 Å². The summed E-state index contributed by atoms with van der Waals surface area (Å²) in [5.41, 5.74) is 0. The Bertz CT molecular complexity index is 61.9. The second-order valence-electron chi connectivity index (χ2n) is 3.08. The van der Waals surface area contributed by atoms with Gasteiger partial charge < -0.3 is 0 Å². The van der Waals surface area contributed by atoms with Crippen molar-refractivity contribution < 1.29 is 0 Å². The molecule has 0 unspecified atom stereocenters. The first-order valence-corrected chi connectivity index (χ1v) is 13.0. The van der Waals surface area contributed by atoms with Crippen molar-refractivity contribution in [1.29, 1.82) is 0 Å². The van der Waals surface area contributed by atoms with Crippen molar-refractivity contribution in [2.75, 3.05) is 0 Å². The summed E-state index contributed by atoms with van der Waals surface area (Å²) in [4.78, 5) is 0. The zero-order valence-corrected chi connectivity index (χ0v) is 13.4. The van der Waals surface area contributed by atoms with E-state index in [0.717, 1.165) is 6.42 Å². The minimum absolute atomic E-state index is 0.0417. The largest absolute Gasteiger partial charge is 0.435 e. The van der Waals surface area contributed by atoms with Crippen LogP contribution in [-0.2, 0) is 0 Å². The Labute approximate surface area is 104 Å². The van der Waals surface area contributed by atoms with Gasteiger partial charge in [0.25, 0.3) is 0 Å². The molecule has 0 heterocycles. The molecule has 0 aliphatic heterocycles. The maximum absolute atomic E-state index is 3.82. The molecule has 0 aromatic rings. The molecule has 79 valence electrons. The Balaban J connectivity index is 0. The molecule has 0 aliphatic carbocycles. The van der Waals surface area contributed by atoms with Crippen molar-refractivity contribution in [2.45, 2.75) is 58.3 Å². The van der Waals surface area contributed by atoms with E-state index < -0.39 is 0 Å². The Morgan fingerprint density at radius 3 is 1.69 bits per heavy atom. The monoisotopic (exact) mass is 327 g/mol. The van der Waals surface area contributed by atoms with Crippen LogP contribution in [0.2, 0.25) is 0 Å². The molecular weight excluding hydrogens is 307 g/mol. The van der Waals surface area contributed by atoms with Gasteiger partial charge in [0.15, 0.2) is 0 Å². The summed E-state index contributed by atoms with van der Waals surface area (Å²) in [6.07, 6.45) is 10.9. The molecule has 0 bridgehead atoms. The Kier molecular flexibility index (Phi) is 24.9. The average Bonchev–Trinajstić information content (AvgIpc) is 2.13. The highest BCUT2D eigenvalue weighted by atomic mass is 79.9. The van der Waals surface area contributed by atoms with Gasteiger partial charge in [-0.15, -0.1) is 0 Å². The summed E-state index contributed by atoms with van der Waals surface area (Å²) in [6.45, 7) is 6.08. The lowest BCUT2D eigenvalue weighted by atomic mass is 10.1. The molecular formula is C10H22AlBr2. The van der Waals surface area contributed by atoms with Crippen molar-refractivity contribution in [3.63, 3.8) is 0 Å². The van der Waals surface area contributed by atoms with Crippen LogP contribution in [0.15, 0.2) is 0 Å². The summed E-state index contributed by atoms with van der Waals surface area (Å²) in [6, 6.07) is 0. The first-order chi connectivity index (χ1) is 6.33. The third-order valence-corrected chi connectivity index (χ3v) is 1.85. The molecule has 0 aromatic carbocycles. The van der Waals surface area contributed by atoms with Gasteiger partial charge in [0.05, 0.1) is 0 Å². The van der Waals surface area contributed by atoms with Gasteiger partial charge in [-0.25, -0.2) is 28.1 Å². The number of halogens is 2. The first-order valence-electron chi connectivity index (χ1n) is 5.24. The summed E-state index contributed by atoms with van der Waals surface area (Å²) >= 11 is 6.44. The van der Waals surface area contributed by atoms with Gasteiger partial charge in [0.2, 0.25) is 0 Å². The van der Waals surface area contributed by atoms with Crippen molar-refractivity contribution >= 4 is 39.7 Å². The van der Waals surface area contributed by atoms with Crippen molar-refractivity contribution in [1.82, 2.24) is 0 Å². The minimum atomic E-state index is 0.0417. The van der Waals surface area contributed by atoms with E-state index in [9.17, 15) is 0 Å². The number of hydrogen-bond donors (Lipinski definition) is 0. The Morgan fingerprint density at radius 1 is 0.923 bits per heavy atom. The van der Waals surface area contributed by atoms with Crippen LogP contribution in [0.1, 0.15) is 58.3 Å². The maximum Gasteiger partial charge on any atom is 0.435 e. The molecule has 0 aromatic heterocycles. The highest BCUT2D eigenvalue weighted by Crippen LogP contribution is 2.07. The highest BCUT2D eigenvalue weighted by molar-refractivity contribution is 9.47. The first kappa shape index (κ1) is 16.9. The molecule has 0 saturated carbocycles. The molecule has 1 radical (unpaired) electrons. The summed E-state index contributed by atoms with van der Waals surface area (Å²) < 4.78 is 0. The molecule has 0 nitrogen and oxygen atoms in total. The second-order valence-corrected chi connectivity index (χ2v) is 11.2. The van der Waals surface area contributed by atoms with E-state index >= 15 is 0 Å². The van der Waals surface area contributed by atoms with Crippen molar-refractivity contribution in [3.8, 4) is 0 Å². The number of hydrogen-bond acceptors (Lipinski definition) is 0. The van der Waals surface area contributed by atoms with Crippen LogP contribution >= 0.6 is 28.1 Å². The van der Waals surface area contributed by atoms with Crippen LogP contribution in [0.4, 0.5) is 0 Å². The third-order valence-electron chi connectivity index (χ3n) is 1.85. The zero-order valence-electron chi connectivity index (χ0n) is 8.83. The molecule has 0 aliphatic rings. The lowest BCUT2D eigenvalue weighted by Crippen LogP contribution is -1.77. The van der Waals surface area contributed by atoms with Gasteiger partial charge in [-0.3, -0.25) is 0 Å². The normalized spacial score (nSPS) is 8.92. The van der Waals surface area contributed by atoms with Crippen LogP contribution in [-0.4, -0.2) is 11.6 Å². The molecule has 0 rings (SSSR count). The predicted molar refractivity (Wildman–Crippen MR) is 73.0 cm³/mol. The van der Waals surface area contributed by atoms with Crippen LogP contribution in [0.5, 0.6) is 0 Å². The van der Waals surface area contributed by atoms with Crippen molar-refractivity contribution in [3.05, 3.63) is 6.92 Å². The molecule has 0 fully saturated rings. The lowest BCUT2D eigenvalue weighted by Gasteiger charge is -1.97. The predicted octanol–water partition coefficient (Wildman–Crippen LogP) is 5.00. The Morgan fingerprint density at radius 2 is 1.31 bits per heavy atom. The topological polar surface area (TPSA) is 0 Å². The van der Waals surface area contributed by atoms with E-state index in [0.29, 0.717) is 0 Å². The van der Waals surface area contributed by atoms with Crippen LogP contribution in [0, 0.1) is 6.92 Å². The summed E-state index contributed by atoms with van der Waals surface area (Å²) in [5.74, 6) is 0. The molecule has 0 amide bonds. The van der Waals surface area contributed by atoms with Gasteiger partial charge in [-0.2, -0.15) is 0 Å². The summed E-state index contributed by atoms with van der Waals surface area (Å²) in [7, 11) is 0. The van der Waals surface area contributed by atoms with Crippen LogP contribution in [0.3, 0.4) is 0 Å². The van der Waals surface area contributed by atoms with E-state index in [1.54, 1.807) is 0 Å². The van der Waals surface area contributed by atoms with Gasteiger partial charge in [-0.1, -0.05) is 65.2 Å². The number of rotatable bonds is 7. The SMILES string of the molecule is [Br][AlH][Br].[CH2]CCCCCCCCC. The molecule has 0 atom stereocenters. The summed E-state index contributed by atoms with van der Waals surface area (Å²) in [5, 5.41) is 0. The highest BCUT2D eigenvalue weighted by Gasteiger charge is 1.87. The second kappa shape index (κ2) is 19.1. The van der Waals surface area contributed by atoms with E-state index in [1.165, 1.54) is 44.9 Å². The lowest BCUT2D eigenvalue weighted by molar-refractivity contribution is 0.592. The molecule has 13 heavy (non-hydrogen) atoms. The molecule has 3 heteroatoms. The molecule has 0 saturated heterocycles. The van der Waals surface area contributed by atoms with E-state index in [4.69, 9.17) is 0 Å². The number of unbranched alkanes of at least 4 members (excludes halogenated alkanes) is 7. The minimum Gasteiger partial charge on any atom is -0.203 e. The fourth-order valence-corrected chi connectivity index (χ4v) is 1.13. The van der Waals surface area contributed by atoms with Gasteiger partial charge in [-0.05, 0) is 0 Å². The maximum atomic E-state index is 3.82. The van der Waals surface area contributed by atoms with E-state index in [-0.39, 0.29) is 11.6 Å². The fourth-order valence-electron chi connectivity index (χ4n) is 1.13.